The summed E-state index contributed by atoms with van der Waals surface area (Å²) < 4.78 is 11.2. The van der Waals surface area contributed by atoms with E-state index in [9.17, 15) is 4.79 Å². The van der Waals surface area contributed by atoms with Crippen molar-refractivity contribution in [2.75, 3.05) is 26.7 Å². The van der Waals surface area contributed by atoms with Gasteiger partial charge in [0.15, 0.2) is 5.96 Å². The fraction of sp³-hybridized carbons (Fsp3) is 0.895. The summed E-state index contributed by atoms with van der Waals surface area (Å²) >= 11 is 0. The first-order chi connectivity index (χ1) is 12.1. The first kappa shape index (κ1) is 22.5. The molecule has 1 atom stereocenters. The van der Waals surface area contributed by atoms with Gasteiger partial charge in [-0.05, 0) is 53.4 Å². The maximum Gasteiger partial charge on any atom is 0.408 e. The number of nitrogens with one attached hydrogen (secondary N) is 3. The zero-order chi connectivity index (χ0) is 19.8. The van der Waals surface area contributed by atoms with Crippen LogP contribution < -0.4 is 16.0 Å². The highest BCUT2D eigenvalue weighted by Crippen LogP contribution is 2.23. The van der Waals surface area contributed by atoms with Crippen LogP contribution in [0.4, 0.5) is 4.79 Å². The van der Waals surface area contributed by atoms with Crippen LogP contribution in [0.15, 0.2) is 4.99 Å². The van der Waals surface area contributed by atoms with Gasteiger partial charge in [0.2, 0.25) is 0 Å². The third kappa shape index (κ3) is 7.40. The molecule has 0 radical (unpaired) electrons. The van der Waals surface area contributed by atoms with E-state index in [4.69, 9.17) is 9.47 Å². The molecule has 1 rings (SSSR count). The van der Waals surface area contributed by atoms with Gasteiger partial charge in [0.05, 0.1) is 11.1 Å². The van der Waals surface area contributed by atoms with Crippen LogP contribution in [0.25, 0.3) is 0 Å². The molecule has 1 aliphatic rings. The van der Waals surface area contributed by atoms with Crippen molar-refractivity contribution >= 4 is 12.1 Å². The number of carbonyl (C=O) groups excluding carboxylic acids is 1. The van der Waals surface area contributed by atoms with Crippen LogP contribution >= 0.6 is 0 Å². The maximum absolute atomic E-state index is 12.2. The second-order valence-corrected chi connectivity index (χ2v) is 8.30. The number of aliphatic imine (C=N–C) groups is 1. The molecule has 1 aliphatic heterocycles. The molecule has 26 heavy (non-hydrogen) atoms. The van der Waals surface area contributed by atoms with Gasteiger partial charge >= 0.3 is 6.09 Å². The number of amides is 1. The Morgan fingerprint density at radius 2 is 1.88 bits per heavy atom. The van der Waals surface area contributed by atoms with Gasteiger partial charge in [-0.15, -0.1) is 0 Å². The number of alkyl carbamates (subject to hydrolysis) is 1. The summed E-state index contributed by atoms with van der Waals surface area (Å²) in [6, 6.07) is 0. The van der Waals surface area contributed by atoms with Crippen LogP contribution in [-0.4, -0.2) is 55.5 Å². The Morgan fingerprint density at radius 3 is 2.35 bits per heavy atom. The third-order valence-corrected chi connectivity index (χ3v) is 4.87. The van der Waals surface area contributed by atoms with Crippen molar-refractivity contribution in [1.82, 2.24) is 16.0 Å². The summed E-state index contributed by atoms with van der Waals surface area (Å²) in [6.45, 7) is 13.9. The Balaban J connectivity index is 2.60. The minimum Gasteiger partial charge on any atom is -0.444 e. The monoisotopic (exact) mass is 370 g/mol. The number of hydrogen-bond acceptors (Lipinski definition) is 4. The Hall–Kier alpha value is -1.50. The van der Waals surface area contributed by atoms with Crippen molar-refractivity contribution in [2.24, 2.45) is 4.99 Å². The molecule has 0 aromatic heterocycles. The number of hydrogen-bond donors (Lipinski definition) is 3. The first-order valence-corrected chi connectivity index (χ1v) is 9.67. The molecule has 0 saturated carbocycles. The second-order valence-electron chi connectivity index (χ2n) is 8.30. The van der Waals surface area contributed by atoms with Gasteiger partial charge in [-0.25, -0.2) is 4.79 Å². The minimum atomic E-state index is -0.515. The molecule has 0 bridgehead atoms. The normalized spacial score (nSPS) is 21.4. The van der Waals surface area contributed by atoms with Gasteiger partial charge in [-0.3, -0.25) is 4.99 Å². The third-order valence-electron chi connectivity index (χ3n) is 4.87. The Bertz CT molecular complexity index is 476. The zero-order valence-electron chi connectivity index (χ0n) is 17.6. The highest BCUT2D eigenvalue weighted by Gasteiger charge is 2.32. The lowest BCUT2D eigenvalue weighted by atomic mass is 9.93. The van der Waals surface area contributed by atoms with E-state index in [0.717, 1.165) is 32.3 Å². The summed E-state index contributed by atoms with van der Waals surface area (Å²) in [6.07, 6.45) is 3.32. The molecule has 0 aromatic carbocycles. The molecule has 0 spiro atoms. The number of nitrogens with zero attached hydrogens (tertiary/aromatic N) is 1. The highest BCUT2D eigenvalue weighted by molar-refractivity contribution is 5.80. The van der Waals surface area contributed by atoms with E-state index in [1.54, 1.807) is 7.05 Å². The van der Waals surface area contributed by atoms with Gasteiger partial charge < -0.3 is 25.4 Å². The molecule has 1 unspecified atom stereocenters. The number of carbonyl (C=O) groups is 1. The van der Waals surface area contributed by atoms with Crippen LogP contribution in [0.3, 0.4) is 0 Å². The van der Waals surface area contributed by atoms with E-state index in [2.05, 4.69) is 41.7 Å². The predicted molar refractivity (Wildman–Crippen MR) is 106 cm³/mol. The van der Waals surface area contributed by atoms with Crippen molar-refractivity contribution in [2.45, 2.75) is 84.0 Å². The fourth-order valence-electron chi connectivity index (χ4n) is 2.96. The molecule has 1 amide bonds. The molecule has 1 fully saturated rings. The van der Waals surface area contributed by atoms with E-state index < -0.39 is 17.2 Å². The standard InChI is InChI=1S/C19H38N4O3/c1-8-19(9-2,23-16(24)26-17(3,4)5)14-22-15(20-7)21-13-18(6)11-10-12-25-18/h8-14H2,1-7H3,(H,23,24)(H2,20,21,22). The summed E-state index contributed by atoms with van der Waals surface area (Å²) in [4.78, 5) is 16.5. The quantitative estimate of drug-likeness (QED) is 0.474. The topological polar surface area (TPSA) is 84.0 Å². The minimum absolute atomic E-state index is 0.140. The summed E-state index contributed by atoms with van der Waals surface area (Å²) in [7, 11) is 1.74. The Labute approximate surface area is 158 Å². The molecule has 3 N–H and O–H groups in total. The summed E-state index contributed by atoms with van der Waals surface area (Å²) in [5.41, 5.74) is -1.05. The van der Waals surface area contributed by atoms with E-state index in [1.165, 1.54) is 0 Å². The zero-order valence-corrected chi connectivity index (χ0v) is 17.6. The molecule has 0 aromatic rings. The summed E-state index contributed by atoms with van der Waals surface area (Å²) in [5.74, 6) is 0.707. The number of guanidine groups is 1. The molecule has 1 heterocycles. The predicted octanol–water partition coefficient (Wildman–Crippen LogP) is 2.80. The maximum atomic E-state index is 12.2. The molecule has 1 saturated heterocycles. The van der Waals surface area contributed by atoms with Gasteiger partial charge in [0.25, 0.3) is 0 Å². The number of ether oxygens (including phenoxy) is 2. The fourth-order valence-corrected chi connectivity index (χ4v) is 2.96. The lowest BCUT2D eigenvalue weighted by Crippen LogP contribution is -2.57. The Morgan fingerprint density at radius 1 is 1.23 bits per heavy atom. The van der Waals surface area contributed by atoms with Gasteiger partial charge in [-0.1, -0.05) is 13.8 Å². The lowest BCUT2D eigenvalue weighted by molar-refractivity contribution is 0.0242. The van der Waals surface area contributed by atoms with Crippen molar-refractivity contribution in [3.05, 3.63) is 0 Å². The van der Waals surface area contributed by atoms with Gasteiger partial charge in [0.1, 0.15) is 5.60 Å². The molecule has 7 nitrogen and oxygen atoms in total. The summed E-state index contributed by atoms with van der Waals surface area (Å²) in [5, 5.41) is 9.71. The second kappa shape index (κ2) is 9.44. The smallest absolute Gasteiger partial charge is 0.408 e. The van der Waals surface area contributed by atoms with Gasteiger partial charge in [-0.2, -0.15) is 0 Å². The molecule has 7 heteroatoms. The lowest BCUT2D eigenvalue weighted by Gasteiger charge is -2.34. The molecular weight excluding hydrogens is 332 g/mol. The van der Waals surface area contributed by atoms with Crippen molar-refractivity contribution in [3.8, 4) is 0 Å². The van der Waals surface area contributed by atoms with Gasteiger partial charge in [0, 0.05) is 26.7 Å². The molecule has 152 valence electrons. The van der Waals surface area contributed by atoms with Crippen LogP contribution in [0.2, 0.25) is 0 Å². The van der Waals surface area contributed by atoms with Crippen LogP contribution in [0.1, 0.15) is 67.2 Å². The largest absolute Gasteiger partial charge is 0.444 e. The Kier molecular flexibility index (Phi) is 8.18. The van der Waals surface area contributed by atoms with Crippen LogP contribution in [0, 0.1) is 0 Å². The van der Waals surface area contributed by atoms with Crippen molar-refractivity contribution in [3.63, 3.8) is 0 Å². The van der Waals surface area contributed by atoms with E-state index in [0.29, 0.717) is 19.0 Å². The highest BCUT2D eigenvalue weighted by atomic mass is 16.6. The first-order valence-electron chi connectivity index (χ1n) is 9.67. The van der Waals surface area contributed by atoms with Crippen LogP contribution in [-0.2, 0) is 9.47 Å². The van der Waals surface area contributed by atoms with Crippen molar-refractivity contribution in [1.29, 1.82) is 0 Å². The van der Waals surface area contributed by atoms with Crippen LogP contribution in [0.5, 0.6) is 0 Å². The molecule has 0 aliphatic carbocycles. The number of rotatable bonds is 7. The van der Waals surface area contributed by atoms with Crippen molar-refractivity contribution < 1.29 is 14.3 Å². The average Bonchev–Trinajstić information content (AvgIpc) is 2.99. The van der Waals surface area contributed by atoms with E-state index in [1.807, 2.05) is 20.8 Å². The molecular formula is C19H38N4O3. The van der Waals surface area contributed by atoms with E-state index >= 15 is 0 Å². The van der Waals surface area contributed by atoms with E-state index in [-0.39, 0.29) is 5.60 Å². The SMILES string of the molecule is CCC(CC)(CNC(=NC)NCC1(C)CCCO1)NC(=O)OC(C)(C)C. The average molecular weight is 371 g/mol.